The zero-order chi connectivity index (χ0) is 13.3. The molecule has 1 heterocycles. The minimum absolute atomic E-state index is 0.0756. The van der Waals surface area contributed by atoms with Crippen LogP contribution in [-0.4, -0.2) is 7.11 Å². The number of benzene rings is 1. The first-order valence-electron chi connectivity index (χ1n) is 5.88. The minimum atomic E-state index is -0.0756. The summed E-state index contributed by atoms with van der Waals surface area (Å²) in [5.74, 6) is 0.874. The maximum atomic E-state index is 6.59. The highest BCUT2D eigenvalue weighted by molar-refractivity contribution is 7.12. The van der Waals surface area contributed by atoms with Gasteiger partial charge < -0.3 is 4.74 Å². The van der Waals surface area contributed by atoms with Crippen molar-refractivity contribution in [3.05, 3.63) is 50.7 Å². The highest BCUT2D eigenvalue weighted by Crippen LogP contribution is 2.37. The molecule has 0 radical (unpaired) electrons. The average Bonchev–Trinajstić information content (AvgIpc) is 2.68. The van der Waals surface area contributed by atoms with Gasteiger partial charge in [-0.05, 0) is 55.7 Å². The number of hydrogen-bond donors (Lipinski definition) is 0. The molecule has 3 heteroatoms. The molecule has 2 aromatic rings. The predicted molar refractivity (Wildman–Crippen MR) is 79.2 cm³/mol. The number of methoxy groups -OCH3 is 1. The highest BCUT2D eigenvalue weighted by Gasteiger charge is 2.16. The van der Waals surface area contributed by atoms with Crippen LogP contribution in [0, 0.1) is 20.8 Å². The number of aryl methyl sites for hydroxylation is 3. The molecule has 0 N–H and O–H groups in total. The van der Waals surface area contributed by atoms with E-state index in [-0.39, 0.29) is 5.38 Å². The number of rotatable bonds is 3. The summed E-state index contributed by atoms with van der Waals surface area (Å²) in [4.78, 5) is 2.54. The first-order chi connectivity index (χ1) is 8.52. The summed E-state index contributed by atoms with van der Waals surface area (Å²) < 4.78 is 5.22. The van der Waals surface area contributed by atoms with E-state index in [0.717, 1.165) is 16.9 Å². The van der Waals surface area contributed by atoms with Gasteiger partial charge in [-0.25, -0.2) is 0 Å². The average molecular weight is 281 g/mol. The van der Waals surface area contributed by atoms with Crippen molar-refractivity contribution in [1.82, 2.24) is 0 Å². The van der Waals surface area contributed by atoms with E-state index in [1.165, 1.54) is 15.3 Å². The van der Waals surface area contributed by atoms with E-state index in [1.807, 2.05) is 12.1 Å². The van der Waals surface area contributed by atoms with Crippen LogP contribution in [0.1, 0.15) is 31.8 Å². The van der Waals surface area contributed by atoms with Crippen LogP contribution in [0.2, 0.25) is 0 Å². The second kappa shape index (κ2) is 5.33. The highest BCUT2D eigenvalue weighted by atomic mass is 35.5. The van der Waals surface area contributed by atoms with Gasteiger partial charge in [0.2, 0.25) is 0 Å². The van der Waals surface area contributed by atoms with Crippen molar-refractivity contribution < 1.29 is 4.74 Å². The molecule has 0 spiro atoms. The Morgan fingerprint density at radius 2 is 1.83 bits per heavy atom. The Labute approximate surface area is 117 Å². The van der Waals surface area contributed by atoms with E-state index < -0.39 is 0 Å². The lowest BCUT2D eigenvalue weighted by Gasteiger charge is -2.12. The van der Waals surface area contributed by atoms with E-state index in [4.69, 9.17) is 16.3 Å². The van der Waals surface area contributed by atoms with Crippen LogP contribution in [0.15, 0.2) is 24.3 Å². The maximum absolute atomic E-state index is 6.59. The van der Waals surface area contributed by atoms with Crippen LogP contribution in [0.4, 0.5) is 0 Å². The summed E-state index contributed by atoms with van der Waals surface area (Å²) >= 11 is 8.36. The summed E-state index contributed by atoms with van der Waals surface area (Å²) in [5, 5.41) is -0.0756. The normalized spacial score (nSPS) is 12.5. The van der Waals surface area contributed by atoms with Gasteiger partial charge in [0.05, 0.1) is 12.5 Å². The summed E-state index contributed by atoms with van der Waals surface area (Å²) in [6.07, 6.45) is 0. The van der Waals surface area contributed by atoms with Crippen molar-refractivity contribution in [3.63, 3.8) is 0 Å². The van der Waals surface area contributed by atoms with Gasteiger partial charge in [0, 0.05) is 9.75 Å². The topological polar surface area (TPSA) is 9.23 Å². The Morgan fingerprint density at radius 1 is 1.11 bits per heavy atom. The van der Waals surface area contributed by atoms with Gasteiger partial charge in [-0.15, -0.1) is 22.9 Å². The van der Waals surface area contributed by atoms with Crippen molar-refractivity contribution in [2.75, 3.05) is 7.11 Å². The van der Waals surface area contributed by atoms with E-state index in [0.29, 0.717) is 0 Å². The van der Waals surface area contributed by atoms with Gasteiger partial charge in [0.15, 0.2) is 0 Å². The first-order valence-corrected chi connectivity index (χ1v) is 7.13. The predicted octanol–water partition coefficient (Wildman–Crippen LogP) is 5.01. The van der Waals surface area contributed by atoms with Crippen LogP contribution >= 0.6 is 22.9 Å². The number of thiophene rings is 1. The molecule has 0 fully saturated rings. The van der Waals surface area contributed by atoms with Crippen molar-refractivity contribution in [1.29, 1.82) is 0 Å². The molecule has 0 saturated heterocycles. The smallest absolute Gasteiger partial charge is 0.119 e. The summed E-state index contributed by atoms with van der Waals surface area (Å²) in [7, 11) is 1.68. The van der Waals surface area contributed by atoms with Gasteiger partial charge in [-0.2, -0.15) is 0 Å². The fraction of sp³-hybridized carbons (Fsp3) is 0.333. The lowest BCUT2D eigenvalue weighted by molar-refractivity contribution is 0.414. The lowest BCUT2D eigenvalue weighted by atomic mass is 10.0. The van der Waals surface area contributed by atoms with Crippen molar-refractivity contribution in [3.8, 4) is 5.75 Å². The van der Waals surface area contributed by atoms with E-state index >= 15 is 0 Å². The second-order valence-electron chi connectivity index (χ2n) is 4.47. The van der Waals surface area contributed by atoms with Crippen molar-refractivity contribution in [2.24, 2.45) is 0 Å². The Bertz CT molecular complexity index is 540. The quantitative estimate of drug-likeness (QED) is 0.718. The molecule has 0 aliphatic heterocycles. The zero-order valence-corrected chi connectivity index (χ0v) is 12.7. The number of halogens is 1. The molecule has 1 aromatic carbocycles. The van der Waals surface area contributed by atoms with Crippen molar-refractivity contribution in [2.45, 2.75) is 26.1 Å². The lowest BCUT2D eigenvalue weighted by Crippen LogP contribution is -1.95. The third-order valence-electron chi connectivity index (χ3n) is 3.18. The van der Waals surface area contributed by atoms with Crippen LogP contribution in [0.3, 0.4) is 0 Å². The molecular formula is C15H17ClOS. The number of alkyl halides is 1. The van der Waals surface area contributed by atoms with E-state index in [2.05, 4.69) is 32.9 Å². The molecule has 96 valence electrons. The molecule has 1 nitrogen and oxygen atoms in total. The molecule has 18 heavy (non-hydrogen) atoms. The summed E-state index contributed by atoms with van der Waals surface area (Å²) in [6, 6.07) is 8.22. The fourth-order valence-electron chi connectivity index (χ4n) is 1.94. The van der Waals surface area contributed by atoms with Crippen LogP contribution < -0.4 is 4.74 Å². The van der Waals surface area contributed by atoms with Gasteiger partial charge in [-0.1, -0.05) is 6.07 Å². The Kier molecular flexibility index (Phi) is 3.98. The maximum Gasteiger partial charge on any atom is 0.119 e. The van der Waals surface area contributed by atoms with E-state index in [9.17, 15) is 0 Å². The molecule has 0 bridgehead atoms. The Hall–Kier alpha value is -0.990. The molecule has 2 rings (SSSR count). The number of ether oxygens (including phenoxy) is 1. The fourth-order valence-corrected chi connectivity index (χ4v) is 3.42. The molecule has 1 aromatic heterocycles. The van der Waals surface area contributed by atoms with Gasteiger partial charge >= 0.3 is 0 Å². The summed E-state index contributed by atoms with van der Waals surface area (Å²) in [6.45, 7) is 6.33. The molecule has 0 saturated carbocycles. The zero-order valence-electron chi connectivity index (χ0n) is 11.1. The van der Waals surface area contributed by atoms with E-state index in [1.54, 1.807) is 18.4 Å². The molecule has 0 amide bonds. The SMILES string of the molecule is COc1ccc(C(Cl)c2cc(C)c(C)s2)c(C)c1. The van der Waals surface area contributed by atoms with Gasteiger partial charge in [0.1, 0.15) is 5.75 Å². The van der Waals surface area contributed by atoms with Gasteiger partial charge in [0.25, 0.3) is 0 Å². The molecule has 1 unspecified atom stereocenters. The molecular weight excluding hydrogens is 264 g/mol. The third kappa shape index (κ3) is 2.55. The summed E-state index contributed by atoms with van der Waals surface area (Å²) in [5.41, 5.74) is 3.63. The minimum Gasteiger partial charge on any atom is -0.497 e. The number of hydrogen-bond acceptors (Lipinski definition) is 2. The standard InChI is InChI=1S/C15H17ClOS/c1-9-8-14(18-11(9)3)15(16)13-6-5-12(17-4)7-10(13)2/h5-8,15H,1-4H3. The Morgan fingerprint density at radius 3 is 2.33 bits per heavy atom. The monoisotopic (exact) mass is 280 g/mol. The third-order valence-corrected chi connectivity index (χ3v) is 5.00. The molecule has 1 atom stereocenters. The van der Waals surface area contributed by atoms with Gasteiger partial charge in [-0.3, -0.25) is 0 Å². The van der Waals surface area contributed by atoms with Crippen LogP contribution in [0.5, 0.6) is 5.75 Å². The largest absolute Gasteiger partial charge is 0.497 e. The molecule has 0 aliphatic carbocycles. The van der Waals surface area contributed by atoms with Crippen molar-refractivity contribution >= 4 is 22.9 Å². The Balaban J connectivity index is 2.36. The van der Waals surface area contributed by atoms with Crippen LogP contribution in [-0.2, 0) is 0 Å². The second-order valence-corrected chi connectivity index (χ2v) is 6.20. The van der Waals surface area contributed by atoms with Crippen LogP contribution in [0.25, 0.3) is 0 Å². The first kappa shape index (κ1) is 13.4. The molecule has 0 aliphatic rings.